The maximum atomic E-state index is 10.3. The van der Waals surface area contributed by atoms with Crippen LogP contribution in [0.4, 0.5) is 0 Å². The topological polar surface area (TPSA) is 23.5 Å². The standard InChI is InChI=1S/C10H15NOS/c1-8-3-4-9(13-8)10(12)5-6-11(2)7-10/h3-4,12H,5-7H2,1-2H3. The van der Waals surface area contributed by atoms with E-state index in [1.807, 2.05) is 0 Å². The SMILES string of the molecule is Cc1ccc(C2(O)CCN(C)C2)s1. The number of hydrogen-bond donors (Lipinski definition) is 1. The van der Waals surface area contributed by atoms with Crippen molar-refractivity contribution >= 4 is 11.3 Å². The van der Waals surface area contributed by atoms with E-state index in [1.54, 1.807) is 11.3 Å². The second-order valence-electron chi connectivity index (χ2n) is 3.93. The molecular weight excluding hydrogens is 182 g/mol. The zero-order valence-corrected chi connectivity index (χ0v) is 8.90. The van der Waals surface area contributed by atoms with Gasteiger partial charge in [-0.25, -0.2) is 0 Å². The van der Waals surface area contributed by atoms with Crippen molar-refractivity contribution in [2.45, 2.75) is 18.9 Å². The fourth-order valence-electron chi connectivity index (χ4n) is 1.87. The molecule has 0 amide bonds. The molecule has 3 heteroatoms. The molecule has 1 aromatic heterocycles. The van der Waals surface area contributed by atoms with Gasteiger partial charge in [0.25, 0.3) is 0 Å². The molecule has 1 N–H and O–H groups in total. The summed E-state index contributed by atoms with van der Waals surface area (Å²) >= 11 is 1.71. The van der Waals surface area contributed by atoms with Gasteiger partial charge in [0.15, 0.2) is 0 Å². The largest absolute Gasteiger partial charge is 0.383 e. The smallest absolute Gasteiger partial charge is 0.113 e. The van der Waals surface area contributed by atoms with E-state index >= 15 is 0 Å². The fraction of sp³-hybridized carbons (Fsp3) is 0.600. The molecule has 2 nitrogen and oxygen atoms in total. The lowest BCUT2D eigenvalue weighted by molar-refractivity contribution is 0.0526. The normalized spacial score (nSPS) is 29.8. The molecular formula is C10H15NOS. The van der Waals surface area contributed by atoms with Crippen molar-refractivity contribution in [3.05, 3.63) is 21.9 Å². The molecule has 0 aliphatic carbocycles. The summed E-state index contributed by atoms with van der Waals surface area (Å²) < 4.78 is 0. The molecule has 2 rings (SSSR count). The summed E-state index contributed by atoms with van der Waals surface area (Å²) in [5.41, 5.74) is -0.576. The highest BCUT2D eigenvalue weighted by atomic mass is 32.1. The highest BCUT2D eigenvalue weighted by molar-refractivity contribution is 7.12. The van der Waals surface area contributed by atoms with Gasteiger partial charge in [-0.2, -0.15) is 0 Å². The lowest BCUT2D eigenvalue weighted by atomic mass is 10.0. The lowest BCUT2D eigenvalue weighted by Crippen LogP contribution is -2.27. The molecule has 1 aliphatic heterocycles. The first kappa shape index (κ1) is 9.19. The Morgan fingerprint density at radius 1 is 1.54 bits per heavy atom. The van der Waals surface area contributed by atoms with Crippen molar-refractivity contribution < 1.29 is 5.11 Å². The van der Waals surface area contributed by atoms with Crippen LogP contribution in [0.15, 0.2) is 12.1 Å². The first-order valence-electron chi connectivity index (χ1n) is 4.58. The van der Waals surface area contributed by atoms with Crippen LogP contribution in [0.25, 0.3) is 0 Å². The minimum Gasteiger partial charge on any atom is -0.383 e. The number of likely N-dealkylation sites (tertiary alicyclic amines) is 1. The summed E-state index contributed by atoms with van der Waals surface area (Å²) in [6, 6.07) is 4.13. The minimum absolute atomic E-state index is 0.576. The van der Waals surface area contributed by atoms with Crippen LogP contribution in [0.2, 0.25) is 0 Å². The van der Waals surface area contributed by atoms with Crippen molar-refractivity contribution in [2.24, 2.45) is 0 Å². The van der Waals surface area contributed by atoms with Crippen LogP contribution in [-0.4, -0.2) is 30.1 Å². The van der Waals surface area contributed by atoms with Crippen molar-refractivity contribution in [3.63, 3.8) is 0 Å². The number of nitrogens with zero attached hydrogens (tertiary/aromatic N) is 1. The predicted octanol–water partition coefficient (Wildman–Crippen LogP) is 1.58. The van der Waals surface area contributed by atoms with Crippen LogP contribution in [0.1, 0.15) is 16.2 Å². The molecule has 2 heterocycles. The monoisotopic (exact) mass is 197 g/mol. The Morgan fingerprint density at radius 2 is 2.31 bits per heavy atom. The molecule has 1 unspecified atom stereocenters. The summed E-state index contributed by atoms with van der Waals surface area (Å²) in [5, 5.41) is 10.3. The van der Waals surface area contributed by atoms with E-state index in [1.165, 1.54) is 4.88 Å². The van der Waals surface area contributed by atoms with Gasteiger partial charge in [0.1, 0.15) is 5.60 Å². The Labute approximate surface area is 82.8 Å². The number of rotatable bonds is 1. The first-order valence-corrected chi connectivity index (χ1v) is 5.40. The van der Waals surface area contributed by atoms with Gasteiger partial charge in [0.05, 0.1) is 0 Å². The van der Waals surface area contributed by atoms with Gasteiger partial charge < -0.3 is 10.0 Å². The second kappa shape index (κ2) is 3.08. The predicted molar refractivity (Wildman–Crippen MR) is 55.1 cm³/mol. The van der Waals surface area contributed by atoms with E-state index in [-0.39, 0.29) is 0 Å². The molecule has 1 saturated heterocycles. The summed E-state index contributed by atoms with van der Waals surface area (Å²) in [4.78, 5) is 4.57. The van der Waals surface area contributed by atoms with Gasteiger partial charge >= 0.3 is 0 Å². The van der Waals surface area contributed by atoms with Crippen LogP contribution in [0.3, 0.4) is 0 Å². The summed E-state index contributed by atoms with van der Waals surface area (Å²) in [6.07, 6.45) is 0.865. The molecule has 0 radical (unpaired) electrons. The number of likely N-dealkylation sites (N-methyl/N-ethyl adjacent to an activating group) is 1. The molecule has 0 aromatic carbocycles. The average Bonchev–Trinajstić information content (AvgIpc) is 2.60. The van der Waals surface area contributed by atoms with Gasteiger partial charge in [-0.1, -0.05) is 0 Å². The van der Waals surface area contributed by atoms with Gasteiger partial charge in [0, 0.05) is 22.8 Å². The van der Waals surface area contributed by atoms with Gasteiger partial charge in [-0.15, -0.1) is 11.3 Å². The number of β-amino-alcohol motifs (C(OH)–C–C–N with tert-alkyl or cyclic N) is 1. The average molecular weight is 197 g/mol. The Hall–Kier alpha value is -0.380. The number of aliphatic hydroxyl groups is 1. The molecule has 1 aliphatic rings. The van der Waals surface area contributed by atoms with E-state index in [0.29, 0.717) is 0 Å². The molecule has 1 aromatic rings. The van der Waals surface area contributed by atoms with E-state index in [0.717, 1.165) is 24.4 Å². The van der Waals surface area contributed by atoms with E-state index < -0.39 is 5.60 Å². The molecule has 0 saturated carbocycles. The van der Waals surface area contributed by atoms with Crippen LogP contribution < -0.4 is 0 Å². The zero-order valence-electron chi connectivity index (χ0n) is 8.08. The van der Waals surface area contributed by atoms with E-state index in [9.17, 15) is 5.11 Å². The van der Waals surface area contributed by atoms with Gasteiger partial charge in [0.2, 0.25) is 0 Å². The third-order valence-electron chi connectivity index (χ3n) is 2.64. The minimum atomic E-state index is -0.576. The summed E-state index contributed by atoms with van der Waals surface area (Å²) in [6.45, 7) is 3.84. The van der Waals surface area contributed by atoms with Gasteiger partial charge in [-0.3, -0.25) is 0 Å². The summed E-state index contributed by atoms with van der Waals surface area (Å²) in [5.74, 6) is 0. The highest BCUT2D eigenvalue weighted by Crippen LogP contribution is 2.35. The molecule has 0 spiro atoms. The van der Waals surface area contributed by atoms with Crippen LogP contribution in [0, 0.1) is 6.92 Å². The number of hydrogen-bond acceptors (Lipinski definition) is 3. The van der Waals surface area contributed by atoms with E-state index in [2.05, 4.69) is 31.0 Å². The van der Waals surface area contributed by atoms with Gasteiger partial charge in [-0.05, 0) is 32.5 Å². The number of aryl methyl sites for hydroxylation is 1. The lowest BCUT2D eigenvalue weighted by Gasteiger charge is -2.20. The third kappa shape index (κ3) is 1.64. The first-order chi connectivity index (χ1) is 6.10. The number of thiophene rings is 1. The molecule has 72 valence electrons. The highest BCUT2D eigenvalue weighted by Gasteiger charge is 2.36. The summed E-state index contributed by atoms with van der Waals surface area (Å²) in [7, 11) is 2.05. The van der Waals surface area contributed by atoms with Crippen LogP contribution in [-0.2, 0) is 5.60 Å². The second-order valence-corrected chi connectivity index (χ2v) is 5.22. The Kier molecular flexibility index (Phi) is 2.18. The maximum Gasteiger partial charge on any atom is 0.113 e. The maximum absolute atomic E-state index is 10.3. The third-order valence-corrected chi connectivity index (χ3v) is 3.83. The molecule has 0 bridgehead atoms. The van der Waals surface area contributed by atoms with Crippen LogP contribution in [0.5, 0.6) is 0 Å². The van der Waals surface area contributed by atoms with Crippen molar-refractivity contribution in [3.8, 4) is 0 Å². The Morgan fingerprint density at radius 3 is 2.77 bits per heavy atom. The zero-order chi connectivity index (χ0) is 9.47. The quantitative estimate of drug-likeness (QED) is 0.739. The Bertz CT molecular complexity index is 310. The van der Waals surface area contributed by atoms with E-state index in [4.69, 9.17) is 0 Å². The molecule has 13 heavy (non-hydrogen) atoms. The van der Waals surface area contributed by atoms with Crippen molar-refractivity contribution in [1.82, 2.24) is 4.90 Å². The molecule has 1 fully saturated rings. The fourth-order valence-corrected chi connectivity index (χ4v) is 2.84. The van der Waals surface area contributed by atoms with Crippen LogP contribution >= 0.6 is 11.3 Å². The van der Waals surface area contributed by atoms with Crippen molar-refractivity contribution in [2.75, 3.05) is 20.1 Å². The van der Waals surface area contributed by atoms with Crippen molar-refractivity contribution in [1.29, 1.82) is 0 Å². The Balaban J connectivity index is 2.25. The molecule has 1 atom stereocenters.